The molecule has 23 heavy (non-hydrogen) atoms. The first kappa shape index (κ1) is 16.0. The van der Waals surface area contributed by atoms with Crippen molar-refractivity contribution in [1.29, 1.82) is 0 Å². The molecule has 1 fully saturated rings. The summed E-state index contributed by atoms with van der Waals surface area (Å²) >= 11 is 6.03. The van der Waals surface area contributed by atoms with Gasteiger partial charge in [0.15, 0.2) is 0 Å². The van der Waals surface area contributed by atoms with Crippen LogP contribution in [0.3, 0.4) is 0 Å². The van der Waals surface area contributed by atoms with Crippen molar-refractivity contribution in [3.63, 3.8) is 0 Å². The molecule has 0 N–H and O–H groups in total. The molecule has 4 nitrogen and oxygen atoms in total. The van der Waals surface area contributed by atoms with E-state index in [0.717, 1.165) is 28.4 Å². The maximum atomic E-state index is 11.6. The molecule has 1 saturated heterocycles. The van der Waals surface area contributed by atoms with Gasteiger partial charge in [-0.15, -0.1) is 0 Å². The molecule has 3 rings (SSSR count). The topological polar surface area (TPSA) is 42.4 Å². The van der Waals surface area contributed by atoms with E-state index < -0.39 is 0 Å². The van der Waals surface area contributed by atoms with Gasteiger partial charge in [-0.3, -0.25) is 9.78 Å². The molecule has 1 aromatic heterocycles. The maximum absolute atomic E-state index is 11.6. The number of hydrogen-bond acceptors (Lipinski definition) is 3. The summed E-state index contributed by atoms with van der Waals surface area (Å²) in [6.45, 7) is 3.34. The Morgan fingerprint density at radius 2 is 2.17 bits per heavy atom. The number of nitrogens with zero attached hydrogens (tertiary/aromatic N) is 2. The smallest absolute Gasteiger partial charge is 0.219 e. The summed E-state index contributed by atoms with van der Waals surface area (Å²) in [6, 6.07) is 13.7. The second-order valence-corrected chi connectivity index (χ2v) is 6.12. The summed E-state index contributed by atoms with van der Waals surface area (Å²) in [7, 11) is 0. The Balaban J connectivity index is 1.75. The number of ether oxygens (including phenoxy) is 1. The monoisotopic (exact) mass is 330 g/mol. The van der Waals surface area contributed by atoms with E-state index in [4.69, 9.17) is 21.3 Å². The van der Waals surface area contributed by atoms with Crippen molar-refractivity contribution in [3.05, 3.63) is 64.4 Å². The van der Waals surface area contributed by atoms with Gasteiger partial charge in [0.25, 0.3) is 0 Å². The number of halogens is 1. The van der Waals surface area contributed by atoms with Gasteiger partial charge in [0.2, 0.25) is 5.91 Å². The highest BCUT2D eigenvalue weighted by Crippen LogP contribution is 2.22. The number of benzene rings is 1. The van der Waals surface area contributed by atoms with E-state index in [1.807, 2.05) is 42.5 Å². The zero-order chi connectivity index (χ0) is 16.2. The first-order valence-electron chi connectivity index (χ1n) is 7.69. The molecular formula is C18H19ClN2O2. The predicted octanol–water partition coefficient (Wildman–Crippen LogP) is 3.25. The molecule has 0 spiro atoms. The molecule has 1 aliphatic heterocycles. The number of carbonyl (C=O) groups excluding carboxylic acids is 1. The Kier molecular flexibility index (Phi) is 4.94. The minimum atomic E-state index is -0.160. The van der Waals surface area contributed by atoms with Crippen LogP contribution in [0, 0.1) is 0 Å². The number of pyridine rings is 1. The molecule has 5 heteroatoms. The lowest BCUT2D eigenvalue weighted by Gasteiger charge is -2.32. The van der Waals surface area contributed by atoms with Gasteiger partial charge >= 0.3 is 0 Å². The van der Waals surface area contributed by atoms with E-state index in [1.165, 1.54) is 0 Å². The summed E-state index contributed by atoms with van der Waals surface area (Å²) in [5.74, 6) is 0.0772. The van der Waals surface area contributed by atoms with Gasteiger partial charge in [-0.2, -0.15) is 0 Å². The van der Waals surface area contributed by atoms with E-state index in [1.54, 1.807) is 11.8 Å². The van der Waals surface area contributed by atoms with Crippen LogP contribution in [0.4, 0.5) is 0 Å². The van der Waals surface area contributed by atoms with Crippen LogP contribution in [0.5, 0.6) is 0 Å². The molecule has 120 valence electrons. The summed E-state index contributed by atoms with van der Waals surface area (Å²) in [5, 5.41) is 0.728. The molecule has 1 aliphatic rings. The van der Waals surface area contributed by atoms with Crippen LogP contribution in [0.25, 0.3) is 0 Å². The first-order valence-corrected chi connectivity index (χ1v) is 8.07. The number of amides is 1. The van der Waals surface area contributed by atoms with Crippen molar-refractivity contribution in [2.24, 2.45) is 0 Å². The maximum Gasteiger partial charge on any atom is 0.219 e. The van der Waals surface area contributed by atoms with E-state index >= 15 is 0 Å². The second kappa shape index (κ2) is 7.11. The summed E-state index contributed by atoms with van der Waals surface area (Å²) in [5.41, 5.74) is 2.96. The quantitative estimate of drug-likeness (QED) is 0.867. The zero-order valence-electron chi connectivity index (χ0n) is 13.0. The van der Waals surface area contributed by atoms with Crippen LogP contribution in [0.1, 0.15) is 30.0 Å². The Bertz CT molecular complexity index is 705. The molecule has 1 aromatic carbocycles. The van der Waals surface area contributed by atoms with E-state index in [0.29, 0.717) is 19.7 Å². The SMILES string of the molecule is CC(=O)N1CCO[C@@H](c2cccc(Cc3cccc(Cl)c3)n2)C1. The Morgan fingerprint density at radius 1 is 1.35 bits per heavy atom. The lowest BCUT2D eigenvalue weighted by Crippen LogP contribution is -2.41. The van der Waals surface area contributed by atoms with Crippen LogP contribution in [0.2, 0.25) is 5.02 Å². The third-order valence-electron chi connectivity index (χ3n) is 3.94. The van der Waals surface area contributed by atoms with Gasteiger partial charge in [0, 0.05) is 30.6 Å². The highest BCUT2D eigenvalue weighted by Gasteiger charge is 2.24. The van der Waals surface area contributed by atoms with Gasteiger partial charge in [-0.05, 0) is 29.8 Å². The van der Waals surface area contributed by atoms with Crippen LogP contribution in [-0.2, 0) is 16.0 Å². The van der Waals surface area contributed by atoms with Crippen molar-refractivity contribution in [3.8, 4) is 0 Å². The van der Waals surface area contributed by atoms with Crippen molar-refractivity contribution in [2.45, 2.75) is 19.4 Å². The fourth-order valence-electron chi connectivity index (χ4n) is 2.75. The largest absolute Gasteiger partial charge is 0.368 e. The number of morpholine rings is 1. The second-order valence-electron chi connectivity index (χ2n) is 5.68. The average Bonchev–Trinajstić information content (AvgIpc) is 2.55. The Hall–Kier alpha value is -1.91. The van der Waals surface area contributed by atoms with Crippen LogP contribution in [-0.4, -0.2) is 35.5 Å². The van der Waals surface area contributed by atoms with Crippen molar-refractivity contribution >= 4 is 17.5 Å². The Morgan fingerprint density at radius 3 is 2.96 bits per heavy atom. The summed E-state index contributed by atoms with van der Waals surface area (Å²) in [6.07, 6.45) is 0.560. The third-order valence-corrected chi connectivity index (χ3v) is 4.18. The number of hydrogen-bond donors (Lipinski definition) is 0. The molecular weight excluding hydrogens is 312 g/mol. The summed E-state index contributed by atoms with van der Waals surface area (Å²) in [4.78, 5) is 18.1. The van der Waals surface area contributed by atoms with Crippen molar-refractivity contribution in [1.82, 2.24) is 9.88 Å². The lowest BCUT2D eigenvalue weighted by molar-refractivity contribution is -0.136. The molecule has 1 atom stereocenters. The molecule has 0 saturated carbocycles. The number of aromatic nitrogens is 1. The van der Waals surface area contributed by atoms with Gasteiger partial charge in [0.1, 0.15) is 6.10 Å². The fraction of sp³-hybridized carbons (Fsp3) is 0.333. The fourth-order valence-corrected chi connectivity index (χ4v) is 2.96. The number of carbonyl (C=O) groups is 1. The van der Waals surface area contributed by atoms with Gasteiger partial charge < -0.3 is 9.64 Å². The van der Waals surface area contributed by atoms with Crippen LogP contribution < -0.4 is 0 Å². The lowest BCUT2D eigenvalue weighted by atomic mass is 10.1. The third kappa shape index (κ3) is 4.09. The highest BCUT2D eigenvalue weighted by molar-refractivity contribution is 6.30. The van der Waals surface area contributed by atoms with Gasteiger partial charge in [-0.1, -0.05) is 29.8 Å². The average molecular weight is 331 g/mol. The van der Waals surface area contributed by atoms with Crippen molar-refractivity contribution < 1.29 is 9.53 Å². The zero-order valence-corrected chi connectivity index (χ0v) is 13.8. The van der Waals surface area contributed by atoms with Gasteiger partial charge in [-0.25, -0.2) is 0 Å². The normalized spacial score (nSPS) is 18.0. The molecule has 1 amide bonds. The molecule has 2 heterocycles. The first-order chi connectivity index (χ1) is 11.1. The summed E-state index contributed by atoms with van der Waals surface area (Å²) < 4.78 is 5.79. The molecule has 0 bridgehead atoms. The minimum Gasteiger partial charge on any atom is -0.368 e. The van der Waals surface area contributed by atoms with Crippen LogP contribution in [0.15, 0.2) is 42.5 Å². The minimum absolute atomic E-state index is 0.0772. The van der Waals surface area contributed by atoms with E-state index in [9.17, 15) is 4.79 Å². The van der Waals surface area contributed by atoms with E-state index in [-0.39, 0.29) is 12.0 Å². The highest BCUT2D eigenvalue weighted by atomic mass is 35.5. The van der Waals surface area contributed by atoms with E-state index in [2.05, 4.69) is 0 Å². The molecule has 0 unspecified atom stereocenters. The van der Waals surface area contributed by atoms with Crippen LogP contribution >= 0.6 is 11.6 Å². The standard InChI is InChI=1S/C18H19ClN2O2/c1-13(22)21-8-9-23-18(12-21)17-7-3-6-16(20-17)11-14-4-2-5-15(19)10-14/h2-7,10,18H,8-9,11-12H2,1H3/t18-/m1/s1. The Labute approximate surface area is 141 Å². The molecule has 2 aromatic rings. The molecule has 0 radical (unpaired) electrons. The van der Waals surface area contributed by atoms with Crippen molar-refractivity contribution in [2.75, 3.05) is 19.7 Å². The predicted molar refractivity (Wildman–Crippen MR) is 89.4 cm³/mol. The molecule has 0 aliphatic carbocycles. The number of rotatable bonds is 3. The van der Waals surface area contributed by atoms with Gasteiger partial charge in [0.05, 0.1) is 18.8 Å².